The zero-order chi connectivity index (χ0) is 11.4. The van der Waals surface area contributed by atoms with Gasteiger partial charge in [-0.15, -0.1) is 0 Å². The third kappa shape index (κ3) is 3.13. The van der Waals surface area contributed by atoms with Crippen LogP contribution in [0.2, 0.25) is 5.02 Å². The first kappa shape index (κ1) is 11.9. The molecule has 4 heteroatoms. The van der Waals surface area contributed by atoms with Gasteiger partial charge < -0.3 is 10.5 Å². The van der Waals surface area contributed by atoms with Gasteiger partial charge in [0.15, 0.2) is 0 Å². The van der Waals surface area contributed by atoms with E-state index >= 15 is 0 Å². The average molecular weight is 228 g/mol. The lowest BCUT2D eigenvalue weighted by molar-refractivity contribution is -0.140. The van der Waals surface area contributed by atoms with E-state index in [2.05, 4.69) is 4.74 Å². The molecule has 1 aromatic carbocycles. The number of esters is 1. The third-order valence-electron chi connectivity index (χ3n) is 2.25. The molecule has 2 N–H and O–H groups in total. The smallest absolute Gasteiger partial charge is 0.306 e. The average Bonchev–Trinajstić information content (AvgIpc) is 2.21. The van der Waals surface area contributed by atoms with Gasteiger partial charge in [0.05, 0.1) is 13.5 Å². The van der Waals surface area contributed by atoms with Crippen LogP contribution in [0.5, 0.6) is 0 Å². The molecule has 0 spiro atoms. The Balaban J connectivity index is 2.85. The van der Waals surface area contributed by atoms with Crippen LogP contribution in [0.25, 0.3) is 0 Å². The monoisotopic (exact) mass is 227 g/mol. The number of ether oxygens (including phenoxy) is 1. The lowest BCUT2D eigenvalue weighted by Gasteiger charge is -2.12. The number of nitrogens with two attached hydrogens (primary N) is 1. The quantitative estimate of drug-likeness (QED) is 0.638. The summed E-state index contributed by atoms with van der Waals surface area (Å²) in [4.78, 5) is 11.1. The maximum atomic E-state index is 11.1. The van der Waals surface area contributed by atoms with Gasteiger partial charge in [0.25, 0.3) is 0 Å². The zero-order valence-corrected chi connectivity index (χ0v) is 9.54. The normalized spacial score (nSPS) is 12.2. The summed E-state index contributed by atoms with van der Waals surface area (Å²) in [6.07, 6.45) is 0.305. The fourth-order valence-electron chi connectivity index (χ4n) is 1.38. The molecule has 0 amide bonds. The highest BCUT2D eigenvalue weighted by atomic mass is 35.5. The minimum absolute atomic E-state index is 0.00782. The first-order valence-corrected chi connectivity index (χ1v) is 5.04. The molecule has 0 radical (unpaired) electrons. The molecule has 0 aliphatic carbocycles. The number of rotatable bonds is 3. The van der Waals surface area contributed by atoms with E-state index in [0.29, 0.717) is 17.1 Å². The highest BCUT2D eigenvalue weighted by molar-refractivity contribution is 6.31. The second kappa shape index (κ2) is 5.03. The van der Waals surface area contributed by atoms with Crippen molar-refractivity contribution in [2.75, 3.05) is 12.8 Å². The van der Waals surface area contributed by atoms with Crippen LogP contribution >= 0.6 is 11.6 Å². The van der Waals surface area contributed by atoms with Crippen molar-refractivity contribution in [1.82, 2.24) is 0 Å². The summed E-state index contributed by atoms with van der Waals surface area (Å²) >= 11 is 6.01. The van der Waals surface area contributed by atoms with E-state index in [1.807, 2.05) is 6.92 Å². The van der Waals surface area contributed by atoms with Crippen molar-refractivity contribution in [3.63, 3.8) is 0 Å². The van der Waals surface area contributed by atoms with Gasteiger partial charge in [0.1, 0.15) is 0 Å². The molecule has 3 nitrogen and oxygen atoms in total. The molecule has 0 bridgehead atoms. The van der Waals surface area contributed by atoms with Crippen LogP contribution in [0.3, 0.4) is 0 Å². The van der Waals surface area contributed by atoms with Crippen LogP contribution in [-0.2, 0) is 9.53 Å². The summed E-state index contributed by atoms with van der Waals surface area (Å²) in [5.41, 5.74) is 7.18. The molecule has 1 atom stereocenters. The number of carbonyl (C=O) groups is 1. The highest BCUT2D eigenvalue weighted by Gasteiger charge is 2.14. The second-order valence-electron chi connectivity index (χ2n) is 3.46. The summed E-state index contributed by atoms with van der Waals surface area (Å²) in [5, 5.41) is 0.626. The molecule has 1 unspecified atom stereocenters. The fraction of sp³-hybridized carbons (Fsp3) is 0.364. The van der Waals surface area contributed by atoms with Gasteiger partial charge in [-0.25, -0.2) is 0 Å². The molecular weight excluding hydrogens is 214 g/mol. The first-order chi connectivity index (χ1) is 7.04. The number of carbonyl (C=O) groups excluding carboxylic acids is 1. The number of nitrogen functional groups attached to an aromatic ring is 1. The number of anilines is 1. The van der Waals surface area contributed by atoms with Crippen molar-refractivity contribution in [1.29, 1.82) is 0 Å². The molecular formula is C11H14ClNO2. The molecule has 1 rings (SSSR count). The van der Waals surface area contributed by atoms with Crippen molar-refractivity contribution in [2.45, 2.75) is 19.3 Å². The molecule has 82 valence electrons. The molecule has 0 saturated heterocycles. The Hall–Kier alpha value is -1.22. The van der Waals surface area contributed by atoms with Crippen molar-refractivity contribution in [3.8, 4) is 0 Å². The predicted molar refractivity (Wildman–Crippen MR) is 60.9 cm³/mol. The summed E-state index contributed by atoms with van der Waals surface area (Å²) in [6.45, 7) is 1.91. The van der Waals surface area contributed by atoms with E-state index in [1.54, 1.807) is 18.2 Å². The standard InChI is InChI=1S/C11H14ClNO2/c1-7(5-11(14)15-2)9-6-8(13)3-4-10(9)12/h3-4,6-7H,5,13H2,1-2H3. The molecule has 0 fully saturated rings. The summed E-state index contributed by atoms with van der Waals surface area (Å²) < 4.78 is 4.60. The Morgan fingerprint density at radius 1 is 1.60 bits per heavy atom. The van der Waals surface area contributed by atoms with Gasteiger partial charge >= 0.3 is 5.97 Å². The van der Waals surface area contributed by atoms with Gasteiger partial charge in [0, 0.05) is 10.7 Å². The predicted octanol–water partition coefficient (Wildman–Crippen LogP) is 2.59. The van der Waals surface area contributed by atoms with E-state index in [9.17, 15) is 4.79 Å². The number of halogens is 1. The van der Waals surface area contributed by atoms with Gasteiger partial charge in [0.2, 0.25) is 0 Å². The molecule has 0 aliphatic heterocycles. The minimum Gasteiger partial charge on any atom is -0.469 e. The van der Waals surface area contributed by atoms with Crippen LogP contribution < -0.4 is 5.73 Å². The maximum Gasteiger partial charge on any atom is 0.306 e. The van der Waals surface area contributed by atoms with Crippen molar-refractivity contribution >= 4 is 23.3 Å². The summed E-state index contributed by atoms with van der Waals surface area (Å²) in [5.74, 6) is -0.241. The largest absolute Gasteiger partial charge is 0.469 e. The van der Waals surface area contributed by atoms with Crippen LogP contribution in [0, 0.1) is 0 Å². The topological polar surface area (TPSA) is 52.3 Å². The fourth-order valence-corrected chi connectivity index (χ4v) is 1.69. The SMILES string of the molecule is COC(=O)CC(C)c1cc(N)ccc1Cl. The van der Waals surface area contributed by atoms with Crippen LogP contribution in [0.1, 0.15) is 24.8 Å². The second-order valence-corrected chi connectivity index (χ2v) is 3.87. The van der Waals surface area contributed by atoms with Crippen molar-refractivity contribution in [3.05, 3.63) is 28.8 Å². The van der Waals surface area contributed by atoms with E-state index in [1.165, 1.54) is 7.11 Å². The Bertz CT molecular complexity index is 366. The number of hydrogen-bond donors (Lipinski definition) is 1. The molecule has 0 saturated carbocycles. The highest BCUT2D eigenvalue weighted by Crippen LogP contribution is 2.28. The van der Waals surface area contributed by atoms with Gasteiger partial charge in [-0.3, -0.25) is 4.79 Å². The third-order valence-corrected chi connectivity index (χ3v) is 2.60. The van der Waals surface area contributed by atoms with Gasteiger partial charge in [-0.05, 0) is 29.7 Å². The first-order valence-electron chi connectivity index (χ1n) is 4.66. The lowest BCUT2D eigenvalue weighted by Crippen LogP contribution is -2.06. The summed E-state index contributed by atoms with van der Waals surface area (Å²) in [7, 11) is 1.37. The zero-order valence-electron chi connectivity index (χ0n) is 8.79. The van der Waals surface area contributed by atoms with E-state index in [0.717, 1.165) is 5.56 Å². The Morgan fingerprint density at radius 2 is 2.27 bits per heavy atom. The van der Waals surface area contributed by atoms with Crippen LogP contribution in [0.15, 0.2) is 18.2 Å². The maximum absolute atomic E-state index is 11.1. The van der Waals surface area contributed by atoms with Crippen molar-refractivity contribution < 1.29 is 9.53 Å². The molecule has 0 aromatic heterocycles. The van der Waals surface area contributed by atoms with E-state index in [-0.39, 0.29) is 11.9 Å². The molecule has 15 heavy (non-hydrogen) atoms. The Morgan fingerprint density at radius 3 is 2.87 bits per heavy atom. The molecule has 1 aromatic rings. The lowest BCUT2D eigenvalue weighted by atomic mass is 9.97. The number of benzene rings is 1. The number of methoxy groups -OCH3 is 1. The minimum atomic E-state index is -0.249. The summed E-state index contributed by atoms with van der Waals surface area (Å²) in [6, 6.07) is 5.26. The molecule has 0 heterocycles. The van der Waals surface area contributed by atoms with E-state index in [4.69, 9.17) is 17.3 Å². The van der Waals surface area contributed by atoms with Crippen LogP contribution in [0.4, 0.5) is 5.69 Å². The van der Waals surface area contributed by atoms with Crippen molar-refractivity contribution in [2.24, 2.45) is 0 Å². The molecule has 0 aliphatic rings. The Labute approximate surface area is 94.2 Å². The van der Waals surface area contributed by atoms with Crippen LogP contribution in [-0.4, -0.2) is 13.1 Å². The Kier molecular flexibility index (Phi) is 3.97. The number of hydrogen-bond acceptors (Lipinski definition) is 3. The van der Waals surface area contributed by atoms with E-state index < -0.39 is 0 Å². The van der Waals surface area contributed by atoms with Gasteiger partial charge in [-0.2, -0.15) is 0 Å². The van der Waals surface area contributed by atoms with Gasteiger partial charge in [-0.1, -0.05) is 18.5 Å².